The number of nitrogens with zero attached hydrogens (tertiary/aromatic N) is 1. The molecule has 1 aromatic rings. The molecule has 2 nitrogen and oxygen atoms in total. The van der Waals surface area contributed by atoms with Crippen LogP contribution in [0.15, 0.2) is 28.7 Å². The molecule has 0 amide bonds. The zero-order chi connectivity index (χ0) is 13.5. The van der Waals surface area contributed by atoms with Crippen molar-refractivity contribution in [1.82, 2.24) is 10.2 Å². The highest BCUT2D eigenvalue weighted by Crippen LogP contribution is 2.36. The predicted octanol–water partition coefficient (Wildman–Crippen LogP) is 3.41. The van der Waals surface area contributed by atoms with E-state index in [0.717, 1.165) is 19.0 Å². The first-order valence-electron chi connectivity index (χ1n) is 7.27. The van der Waals surface area contributed by atoms with Crippen molar-refractivity contribution in [1.29, 1.82) is 0 Å². The maximum atomic E-state index is 3.75. The molecule has 1 atom stereocenters. The van der Waals surface area contributed by atoms with E-state index in [4.69, 9.17) is 0 Å². The molecule has 104 valence electrons. The van der Waals surface area contributed by atoms with Crippen LogP contribution in [0.3, 0.4) is 0 Å². The van der Waals surface area contributed by atoms with Crippen molar-refractivity contribution in [3.8, 4) is 0 Å². The van der Waals surface area contributed by atoms with Gasteiger partial charge in [0, 0.05) is 35.7 Å². The molecule has 0 radical (unpaired) electrons. The predicted molar refractivity (Wildman–Crippen MR) is 83.1 cm³/mol. The third kappa shape index (κ3) is 3.21. The van der Waals surface area contributed by atoms with Gasteiger partial charge in [-0.3, -0.25) is 4.90 Å². The summed E-state index contributed by atoms with van der Waals surface area (Å²) in [5.74, 6) is 0.932. The molecule has 2 aliphatic rings. The Kier molecular flexibility index (Phi) is 3.71. The van der Waals surface area contributed by atoms with Crippen molar-refractivity contribution in [2.24, 2.45) is 5.92 Å². The van der Waals surface area contributed by atoms with Gasteiger partial charge in [0.2, 0.25) is 0 Å². The van der Waals surface area contributed by atoms with E-state index in [9.17, 15) is 0 Å². The Hall–Kier alpha value is -0.380. The molecule has 3 rings (SSSR count). The Labute approximate surface area is 124 Å². The zero-order valence-electron chi connectivity index (χ0n) is 11.8. The van der Waals surface area contributed by atoms with Crippen LogP contribution in [0.1, 0.15) is 32.3 Å². The molecule has 19 heavy (non-hydrogen) atoms. The fraction of sp³-hybridized carbons (Fsp3) is 0.625. The summed E-state index contributed by atoms with van der Waals surface area (Å²) in [6, 6.07) is 9.41. The summed E-state index contributed by atoms with van der Waals surface area (Å²) in [5.41, 5.74) is 1.65. The molecule has 0 bridgehead atoms. The second kappa shape index (κ2) is 5.19. The van der Waals surface area contributed by atoms with Crippen LogP contribution in [-0.2, 0) is 6.54 Å². The molecule has 1 N–H and O–H groups in total. The van der Waals surface area contributed by atoms with Gasteiger partial charge in [0.15, 0.2) is 0 Å². The summed E-state index contributed by atoms with van der Waals surface area (Å²) in [6.07, 6.45) is 2.84. The van der Waals surface area contributed by atoms with E-state index in [1.165, 1.54) is 29.4 Å². The molecule has 1 unspecified atom stereocenters. The smallest absolute Gasteiger partial charge is 0.0281 e. The number of benzene rings is 1. The van der Waals surface area contributed by atoms with Gasteiger partial charge in [-0.15, -0.1) is 0 Å². The van der Waals surface area contributed by atoms with E-state index in [-0.39, 0.29) is 5.54 Å². The minimum absolute atomic E-state index is 0.244. The Bertz CT molecular complexity index is 454. The summed E-state index contributed by atoms with van der Waals surface area (Å²) in [7, 11) is 0. The molecule has 1 heterocycles. The van der Waals surface area contributed by atoms with Gasteiger partial charge in [-0.05, 0) is 50.3 Å². The van der Waals surface area contributed by atoms with Crippen LogP contribution in [0, 0.1) is 5.92 Å². The quantitative estimate of drug-likeness (QED) is 0.917. The van der Waals surface area contributed by atoms with Crippen LogP contribution in [0.5, 0.6) is 0 Å². The molecule has 0 spiro atoms. The van der Waals surface area contributed by atoms with Crippen LogP contribution >= 0.6 is 15.9 Å². The second-order valence-corrected chi connectivity index (χ2v) is 7.56. The lowest BCUT2D eigenvalue weighted by molar-refractivity contribution is 0.0534. The maximum absolute atomic E-state index is 3.75. The molecule has 2 fully saturated rings. The number of halogens is 1. The number of rotatable bonds is 3. The van der Waals surface area contributed by atoms with Gasteiger partial charge < -0.3 is 5.32 Å². The largest absolute Gasteiger partial charge is 0.311 e. The summed E-state index contributed by atoms with van der Waals surface area (Å²) < 4.78 is 1.18. The lowest BCUT2D eigenvalue weighted by atomic mass is 9.95. The molecule has 1 aliphatic carbocycles. The van der Waals surface area contributed by atoms with Crippen molar-refractivity contribution in [3.63, 3.8) is 0 Å². The van der Waals surface area contributed by atoms with Crippen molar-refractivity contribution >= 4 is 15.9 Å². The van der Waals surface area contributed by atoms with Crippen molar-refractivity contribution in [2.75, 3.05) is 13.1 Å². The first-order chi connectivity index (χ1) is 9.04. The SMILES string of the molecule is CC1(C)CNC(C2CC2)CN1Cc1cccc(Br)c1. The molecule has 1 saturated carbocycles. The van der Waals surface area contributed by atoms with Gasteiger partial charge >= 0.3 is 0 Å². The van der Waals surface area contributed by atoms with Crippen molar-refractivity contribution < 1.29 is 0 Å². The van der Waals surface area contributed by atoms with Gasteiger partial charge in [-0.25, -0.2) is 0 Å². The van der Waals surface area contributed by atoms with E-state index in [1.807, 2.05) is 0 Å². The molecule has 3 heteroatoms. The van der Waals surface area contributed by atoms with Crippen molar-refractivity contribution in [2.45, 2.75) is 44.8 Å². The first-order valence-corrected chi connectivity index (χ1v) is 8.07. The lowest BCUT2D eigenvalue weighted by Gasteiger charge is -2.46. The highest BCUT2D eigenvalue weighted by atomic mass is 79.9. The number of nitrogens with one attached hydrogen (secondary N) is 1. The Morgan fingerprint density at radius 2 is 2.16 bits per heavy atom. The molecular weight excluding hydrogens is 300 g/mol. The molecule has 1 aliphatic heterocycles. The second-order valence-electron chi connectivity index (χ2n) is 6.65. The fourth-order valence-corrected chi connectivity index (χ4v) is 3.44. The number of hydrogen-bond acceptors (Lipinski definition) is 2. The third-order valence-electron chi connectivity index (χ3n) is 4.52. The Morgan fingerprint density at radius 1 is 1.37 bits per heavy atom. The summed E-state index contributed by atoms with van der Waals surface area (Å²) >= 11 is 3.57. The van der Waals surface area contributed by atoms with E-state index in [0.29, 0.717) is 6.04 Å². The molecule has 1 saturated heterocycles. The fourth-order valence-electron chi connectivity index (χ4n) is 2.99. The highest BCUT2D eigenvalue weighted by molar-refractivity contribution is 9.10. The van der Waals surface area contributed by atoms with E-state index in [2.05, 4.69) is 64.3 Å². The summed E-state index contributed by atoms with van der Waals surface area (Å²) in [5, 5.41) is 3.75. The lowest BCUT2D eigenvalue weighted by Crippen LogP contribution is -2.62. The topological polar surface area (TPSA) is 15.3 Å². The van der Waals surface area contributed by atoms with Crippen LogP contribution in [0.4, 0.5) is 0 Å². The third-order valence-corrected chi connectivity index (χ3v) is 5.02. The highest BCUT2D eigenvalue weighted by Gasteiger charge is 2.40. The average Bonchev–Trinajstić information content (AvgIpc) is 3.16. The van der Waals surface area contributed by atoms with E-state index in [1.54, 1.807) is 0 Å². The minimum atomic E-state index is 0.244. The maximum Gasteiger partial charge on any atom is 0.0281 e. The van der Waals surface area contributed by atoms with Crippen LogP contribution in [-0.4, -0.2) is 29.6 Å². The summed E-state index contributed by atoms with van der Waals surface area (Å²) in [6.45, 7) is 8.03. The Balaban J connectivity index is 1.72. The van der Waals surface area contributed by atoms with Gasteiger partial charge in [0.1, 0.15) is 0 Å². The molecule has 0 aromatic heterocycles. The average molecular weight is 323 g/mol. The summed E-state index contributed by atoms with van der Waals surface area (Å²) in [4.78, 5) is 2.65. The normalized spacial score (nSPS) is 27.4. The standard InChI is InChI=1S/C16H23BrN2/c1-16(2)11-18-15(13-6-7-13)10-19(16)9-12-4-3-5-14(17)8-12/h3-5,8,13,15,18H,6-7,9-11H2,1-2H3. The van der Waals surface area contributed by atoms with Crippen molar-refractivity contribution in [3.05, 3.63) is 34.3 Å². The molecule has 1 aromatic carbocycles. The van der Waals surface area contributed by atoms with Gasteiger partial charge in [0.05, 0.1) is 0 Å². The van der Waals surface area contributed by atoms with E-state index >= 15 is 0 Å². The van der Waals surface area contributed by atoms with Crippen LogP contribution in [0.25, 0.3) is 0 Å². The van der Waals surface area contributed by atoms with Gasteiger partial charge in [-0.2, -0.15) is 0 Å². The number of hydrogen-bond donors (Lipinski definition) is 1. The zero-order valence-corrected chi connectivity index (χ0v) is 13.4. The monoisotopic (exact) mass is 322 g/mol. The van der Waals surface area contributed by atoms with Gasteiger partial charge in [0.25, 0.3) is 0 Å². The minimum Gasteiger partial charge on any atom is -0.311 e. The molecular formula is C16H23BrN2. The Morgan fingerprint density at radius 3 is 2.84 bits per heavy atom. The first kappa shape index (κ1) is 13.6. The van der Waals surface area contributed by atoms with Gasteiger partial charge in [-0.1, -0.05) is 28.1 Å². The van der Waals surface area contributed by atoms with Crippen LogP contribution in [0.2, 0.25) is 0 Å². The van der Waals surface area contributed by atoms with Crippen LogP contribution < -0.4 is 5.32 Å². The number of piperazine rings is 1. The van der Waals surface area contributed by atoms with E-state index < -0.39 is 0 Å².